The SMILES string of the molecule is Cc1cc(N(C)c2cccc(F)c2)ccc1/C(N)=N/O. The second-order valence-electron chi connectivity index (χ2n) is 4.52. The lowest BCUT2D eigenvalue weighted by atomic mass is 10.1. The van der Waals surface area contributed by atoms with Crippen LogP contribution in [0.1, 0.15) is 11.1 Å². The highest BCUT2D eigenvalue weighted by Crippen LogP contribution is 2.26. The molecule has 0 spiro atoms. The third kappa shape index (κ3) is 2.71. The first-order chi connectivity index (χ1) is 9.52. The Morgan fingerprint density at radius 3 is 2.50 bits per heavy atom. The molecule has 0 unspecified atom stereocenters. The predicted octanol–water partition coefficient (Wildman–Crippen LogP) is 3.00. The number of rotatable bonds is 3. The summed E-state index contributed by atoms with van der Waals surface area (Å²) in [4.78, 5) is 1.87. The molecule has 0 aliphatic rings. The second-order valence-corrected chi connectivity index (χ2v) is 4.52. The van der Waals surface area contributed by atoms with Crippen LogP contribution in [0.15, 0.2) is 47.6 Å². The lowest BCUT2D eigenvalue weighted by Gasteiger charge is -2.20. The number of hydrogen-bond donors (Lipinski definition) is 2. The van der Waals surface area contributed by atoms with E-state index in [9.17, 15) is 4.39 Å². The predicted molar refractivity (Wildman–Crippen MR) is 78.2 cm³/mol. The number of halogens is 1. The number of hydrogen-bond acceptors (Lipinski definition) is 3. The van der Waals surface area contributed by atoms with Crippen molar-refractivity contribution >= 4 is 17.2 Å². The van der Waals surface area contributed by atoms with Crippen LogP contribution in [0.4, 0.5) is 15.8 Å². The molecule has 0 radical (unpaired) electrons. The molecule has 0 aliphatic carbocycles. The average molecular weight is 273 g/mol. The van der Waals surface area contributed by atoms with Crippen molar-refractivity contribution in [2.45, 2.75) is 6.92 Å². The van der Waals surface area contributed by atoms with Crippen LogP contribution in [0, 0.1) is 12.7 Å². The van der Waals surface area contributed by atoms with Gasteiger partial charge in [0.1, 0.15) is 5.82 Å². The summed E-state index contributed by atoms with van der Waals surface area (Å²) < 4.78 is 13.3. The minimum atomic E-state index is -0.278. The minimum Gasteiger partial charge on any atom is -0.409 e. The van der Waals surface area contributed by atoms with Gasteiger partial charge >= 0.3 is 0 Å². The van der Waals surface area contributed by atoms with Crippen molar-refractivity contribution in [3.05, 3.63) is 59.4 Å². The Kier molecular flexibility index (Phi) is 3.89. The topological polar surface area (TPSA) is 61.8 Å². The molecule has 2 aromatic carbocycles. The van der Waals surface area contributed by atoms with Crippen LogP contribution in [0.2, 0.25) is 0 Å². The Labute approximate surface area is 116 Å². The van der Waals surface area contributed by atoms with Gasteiger partial charge in [-0.25, -0.2) is 4.39 Å². The fourth-order valence-electron chi connectivity index (χ4n) is 2.03. The molecule has 20 heavy (non-hydrogen) atoms. The summed E-state index contributed by atoms with van der Waals surface area (Å²) in [5.74, 6) is -0.207. The Morgan fingerprint density at radius 1 is 1.20 bits per heavy atom. The third-order valence-electron chi connectivity index (χ3n) is 3.18. The number of nitrogens with two attached hydrogens (primary N) is 1. The van der Waals surface area contributed by atoms with Gasteiger partial charge in [0.2, 0.25) is 0 Å². The molecule has 0 aliphatic heterocycles. The Hall–Kier alpha value is -2.56. The zero-order valence-electron chi connectivity index (χ0n) is 11.3. The molecule has 0 heterocycles. The van der Waals surface area contributed by atoms with Crippen LogP contribution in [-0.4, -0.2) is 18.1 Å². The van der Waals surface area contributed by atoms with E-state index in [4.69, 9.17) is 10.9 Å². The first-order valence-corrected chi connectivity index (χ1v) is 6.11. The molecule has 0 atom stereocenters. The quantitative estimate of drug-likeness (QED) is 0.391. The standard InChI is InChI=1S/C15H16FN3O/c1-10-8-13(6-7-14(10)15(17)18-20)19(2)12-5-3-4-11(16)9-12/h3-9,20H,1-2H3,(H2,17,18). The van der Waals surface area contributed by atoms with E-state index in [0.717, 1.165) is 16.9 Å². The number of aryl methyl sites for hydroxylation is 1. The van der Waals surface area contributed by atoms with Crippen LogP contribution in [0.3, 0.4) is 0 Å². The summed E-state index contributed by atoms with van der Waals surface area (Å²) in [7, 11) is 1.85. The van der Waals surface area contributed by atoms with Crippen LogP contribution in [0.25, 0.3) is 0 Å². The zero-order valence-corrected chi connectivity index (χ0v) is 11.3. The molecule has 0 amide bonds. The highest BCUT2D eigenvalue weighted by Gasteiger charge is 2.09. The summed E-state index contributed by atoms with van der Waals surface area (Å²) >= 11 is 0. The fourth-order valence-corrected chi connectivity index (χ4v) is 2.03. The van der Waals surface area contributed by atoms with E-state index < -0.39 is 0 Å². The summed E-state index contributed by atoms with van der Waals surface area (Å²) in [6.07, 6.45) is 0. The number of oxime groups is 1. The average Bonchev–Trinajstić information content (AvgIpc) is 2.45. The molecule has 4 nitrogen and oxygen atoms in total. The third-order valence-corrected chi connectivity index (χ3v) is 3.18. The monoisotopic (exact) mass is 273 g/mol. The summed E-state index contributed by atoms with van der Waals surface area (Å²) in [5, 5.41) is 11.7. The highest BCUT2D eigenvalue weighted by atomic mass is 19.1. The largest absolute Gasteiger partial charge is 0.409 e. The van der Waals surface area contributed by atoms with Gasteiger partial charge in [-0.15, -0.1) is 0 Å². The summed E-state index contributed by atoms with van der Waals surface area (Å²) in [6.45, 7) is 1.87. The van der Waals surface area contributed by atoms with Crippen molar-refractivity contribution in [2.24, 2.45) is 10.9 Å². The van der Waals surface area contributed by atoms with E-state index in [2.05, 4.69) is 5.16 Å². The molecular formula is C15H16FN3O. The first-order valence-electron chi connectivity index (χ1n) is 6.11. The van der Waals surface area contributed by atoms with E-state index in [1.165, 1.54) is 12.1 Å². The van der Waals surface area contributed by atoms with Crippen molar-refractivity contribution in [1.29, 1.82) is 0 Å². The molecule has 0 saturated carbocycles. The maximum Gasteiger partial charge on any atom is 0.170 e. The van der Waals surface area contributed by atoms with Gasteiger partial charge < -0.3 is 15.8 Å². The molecule has 104 valence electrons. The zero-order chi connectivity index (χ0) is 14.7. The Balaban J connectivity index is 2.37. The Bertz CT molecular complexity index is 655. The van der Waals surface area contributed by atoms with E-state index in [1.54, 1.807) is 12.1 Å². The van der Waals surface area contributed by atoms with Gasteiger partial charge in [0.05, 0.1) is 0 Å². The lowest BCUT2D eigenvalue weighted by molar-refractivity contribution is 0.318. The molecule has 0 aromatic heterocycles. The molecule has 3 N–H and O–H groups in total. The van der Waals surface area contributed by atoms with Crippen molar-refractivity contribution < 1.29 is 9.60 Å². The lowest BCUT2D eigenvalue weighted by Crippen LogP contribution is -2.16. The fraction of sp³-hybridized carbons (Fsp3) is 0.133. The van der Waals surface area contributed by atoms with Crippen LogP contribution >= 0.6 is 0 Å². The molecule has 2 aromatic rings. The normalized spacial score (nSPS) is 11.4. The van der Waals surface area contributed by atoms with E-state index in [0.29, 0.717) is 5.56 Å². The van der Waals surface area contributed by atoms with Crippen LogP contribution in [0.5, 0.6) is 0 Å². The number of benzene rings is 2. The number of nitrogens with zero attached hydrogens (tertiary/aromatic N) is 2. The Morgan fingerprint density at radius 2 is 1.90 bits per heavy atom. The van der Waals surface area contributed by atoms with Gasteiger partial charge in [0, 0.05) is 24.0 Å². The maximum atomic E-state index is 13.3. The van der Waals surface area contributed by atoms with Gasteiger partial charge in [0.25, 0.3) is 0 Å². The first kappa shape index (κ1) is 13.9. The van der Waals surface area contributed by atoms with E-state index >= 15 is 0 Å². The van der Waals surface area contributed by atoms with Gasteiger partial charge in [-0.05, 0) is 48.9 Å². The minimum absolute atomic E-state index is 0.0717. The van der Waals surface area contributed by atoms with Crippen molar-refractivity contribution in [2.75, 3.05) is 11.9 Å². The summed E-state index contributed by atoms with van der Waals surface area (Å²) in [6, 6.07) is 11.9. The van der Waals surface area contributed by atoms with Crippen molar-refractivity contribution in [3.8, 4) is 0 Å². The highest BCUT2D eigenvalue weighted by molar-refractivity contribution is 5.98. The van der Waals surface area contributed by atoms with Gasteiger partial charge in [-0.1, -0.05) is 11.2 Å². The smallest absolute Gasteiger partial charge is 0.170 e. The number of anilines is 2. The van der Waals surface area contributed by atoms with Crippen molar-refractivity contribution in [3.63, 3.8) is 0 Å². The van der Waals surface area contributed by atoms with Crippen LogP contribution < -0.4 is 10.6 Å². The van der Waals surface area contributed by atoms with Gasteiger partial charge in [-0.2, -0.15) is 0 Å². The van der Waals surface area contributed by atoms with Crippen LogP contribution in [-0.2, 0) is 0 Å². The molecule has 5 heteroatoms. The van der Waals surface area contributed by atoms with Gasteiger partial charge in [-0.3, -0.25) is 0 Å². The van der Waals surface area contributed by atoms with Gasteiger partial charge in [0.15, 0.2) is 5.84 Å². The molecule has 0 fully saturated rings. The molecule has 0 saturated heterocycles. The van der Waals surface area contributed by atoms with E-state index in [1.807, 2.05) is 37.1 Å². The molecule has 2 rings (SSSR count). The number of amidine groups is 1. The van der Waals surface area contributed by atoms with E-state index in [-0.39, 0.29) is 11.7 Å². The maximum absolute atomic E-state index is 13.3. The van der Waals surface area contributed by atoms with Crippen molar-refractivity contribution in [1.82, 2.24) is 0 Å². The second kappa shape index (κ2) is 5.61. The molecular weight excluding hydrogens is 257 g/mol. The molecule has 0 bridgehead atoms. The summed E-state index contributed by atoms with van der Waals surface area (Å²) in [5.41, 5.74) is 8.78.